The third-order valence-electron chi connectivity index (χ3n) is 2.97. The van der Waals surface area contributed by atoms with Gasteiger partial charge in [-0.25, -0.2) is 0 Å². The van der Waals surface area contributed by atoms with Gasteiger partial charge in [0.1, 0.15) is 5.75 Å². The fraction of sp³-hybridized carbons (Fsp3) is 0.500. The van der Waals surface area contributed by atoms with Crippen LogP contribution in [0.2, 0.25) is 0 Å². The van der Waals surface area contributed by atoms with E-state index in [2.05, 4.69) is 5.32 Å². The maximum Gasteiger partial charge on any atom is 0.230 e. The van der Waals surface area contributed by atoms with Gasteiger partial charge in [0, 0.05) is 12.5 Å². The van der Waals surface area contributed by atoms with E-state index < -0.39 is 5.41 Å². The van der Waals surface area contributed by atoms with Crippen molar-refractivity contribution in [1.29, 1.82) is 0 Å². The summed E-state index contributed by atoms with van der Waals surface area (Å²) < 4.78 is 10.3. The predicted octanol–water partition coefficient (Wildman–Crippen LogP) is 3.04. The van der Waals surface area contributed by atoms with E-state index in [0.717, 1.165) is 6.42 Å². The Balaban J connectivity index is 2.81. The minimum Gasteiger partial charge on any atom is -0.465 e. The van der Waals surface area contributed by atoms with Crippen LogP contribution >= 0.6 is 0 Å². The molecule has 0 atom stereocenters. The molecule has 0 bridgehead atoms. The molecule has 0 saturated carbocycles. The number of methoxy groups -OCH3 is 1. The maximum absolute atomic E-state index is 12.1. The number of hydrogen-bond donors (Lipinski definition) is 1. The number of rotatable bonds is 6. The van der Waals surface area contributed by atoms with Crippen LogP contribution in [0.5, 0.6) is 5.75 Å². The van der Waals surface area contributed by atoms with Crippen molar-refractivity contribution in [2.75, 3.05) is 19.2 Å². The van der Waals surface area contributed by atoms with Crippen LogP contribution in [0.25, 0.3) is 0 Å². The topological polar surface area (TPSA) is 47.6 Å². The standard InChI is InChI=1S/C14H21NO3/c1-5-14(2,3)13(16)15-11-8-6-7-9-12(11)18-10-17-4/h6-9H,5,10H2,1-4H3,(H,15,16). The van der Waals surface area contributed by atoms with E-state index in [1.165, 1.54) is 0 Å². The lowest BCUT2D eigenvalue weighted by Gasteiger charge is -2.22. The number of benzene rings is 1. The van der Waals surface area contributed by atoms with Gasteiger partial charge in [0.05, 0.1) is 5.69 Å². The second kappa shape index (κ2) is 6.40. The number of anilines is 1. The molecule has 1 N–H and O–H groups in total. The highest BCUT2D eigenvalue weighted by molar-refractivity contribution is 5.95. The lowest BCUT2D eigenvalue weighted by Crippen LogP contribution is -2.30. The van der Waals surface area contributed by atoms with Gasteiger partial charge in [-0.2, -0.15) is 0 Å². The summed E-state index contributed by atoms with van der Waals surface area (Å²) in [6, 6.07) is 7.32. The van der Waals surface area contributed by atoms with E-state index in [1.807, 2.05) is 39.0 Å². The Hall–Kier alpha value is -1.55. The maximum atomic E-state index is 12.1. The molecule has 0 fully saturated rings. The summed E-state index contributed by atoms with van der Waals surface area (Å²) in [5.41, 5.74) is 0.273. The molecule has 18 heavy (non-hydrogen) atoms. The van der Waals surface area contributed by atoms with Crippen LogP contribution in [0.3, 0.4) is 0 Å². The van der Waals surface area contributed by atoms with E-state index in [1.54, 1.807) is 13.2 Å². The third-order valence-corrected chi connectivity index (χ3v) is 2.97. The molecule has 0 unspecified atom stereocenters. The number of nitrogens with one attached hydrogen (secondary N) is 1. The van der Waals surface area contributed by atoms with Crippen LogP contribution in [-0.4, -0.2) is 19.8 Å². The zero-order valence-corrected chi connectivity index (χ0v) is 11.4. The van der Waals surface area contributed by atoms with Crippen molar-refractivity contribution >= 4 is 11.6 Å². The second-order valence-corrected chi connectivity index (χ2v) is 4.74. The Bertz CT molecular complexity index is 402. The average molecular weight is 251 g/mol. The molecule has 1 aromatic rings. The van der Waals surface area contributed by atoms with E-state index in [0.29, 0.717) is 11.4 Å². The lowest BCUT2D eigenvalue weighted by atomic mass is 9.89. The largest absolute Gasteiger partial charge is 0.465 e. The number of carbonyl (C=O) groups is 1. The Kier molecular flexibility index (Phi) is 5.16. The predicted molar refractivity (Wildman–Crippen MR) is 71.6 cm³/mol. The van der Waals surface area contributed by atoms with Crippen molar-refractivity contribution in [2.24, 2.45) is 5.41 Å². The van der Waals surface area contributed by atoms with Crippen molar-refractivity contribution in [3.05, 3.63) is 24.3 Å². The van der Waals surface area contributed by atoms with Gasteiger partial charge in [-0.3, -0.25) is 4.79 Å². The minimum atomic E-state index is -0.394. The zero-order valence-electron chi connectivity index (χ0n) is 11.4. The van der Waals surface area contributed by atoms with Crippen LogP contribution < -0.4 is 10.1 Å². The number of para-hydroxylation sites is 2. The van der Waals surface area contributed by atoms with Crippen molar-refractivity contribution < 1.29 is 14.3 Å². The number of amides is 1. The molecule has 1 amide bonds. The fourth-order valence-corrected chi connectivity index (χ4v) is 1.27. The first-order valence-electron chi connectivity index (χ1n) is 6.03. The van der Waals surface area contributed by atoms with Crippen LogP contribution in [0.4, 0.5) is 5.69 Å². The first-order chi connectivity index (χ1) is 8.51. The molecule has 100 valence electrons. The minimum absolute atomic E-state index is 0.0153. The van der Waals surface area contributed by atoms with Crippen molar-refractivity contribution in [3.8, 4) is 5.75 Å². The molecule has 4 nitrogen and oxygen atoms in total. The Morgan fingerprint density at radius 1 is 1.33 bits per heavy atom. The fourth-order valence-electron chi connectivity index (χ4n) is 1.27. The highest BCUT2D eigenvalue weighted by Gasteiger charge is 2.25. The zero-order chi connectivity index (χ0) is 13.6. The molecule has 0 aliphatic rings. The van der Waals surface area contributed by atoms with Gasteiger partial charge < -0.3 is 14.8 Å². The van der Waals surface area contributed by atoms with E-state index in [4.69, 9.17) is 9.47 Å². The molecule has 0 spiro atoms. The van der Waals surface area contributed by atoms with Crippen LogP contribution in [0, 0.1) is 5.41 Å². The Morgan fingerprint density at radius 3 is 2.61 bits per heavy atom. The van der Waals surface area contributed by atoms with Crippen molar-refractivity contribution in [1.82, 2.24) is 0 Å². The molecule has 0 aromatic heterocycles. The quantitative estimate of drug-likeness (QED) is 0.790. The third kappa shape index (κ3) is 3.74. The van der Waals surface area contributed by atoms with Gasteiger partial charge in [0.15, 0.2) is 6.79 Å². The molecule has 1 rings (SSSR count). The second-order valence-electron chi connectivity index (χ2n) is 4.74. The molecule has 0 heterocycles. The van der Waals surface area contributed by atoms with Crippen LogP contribution in [-0.2, 0) is 9.53 Å². The highest BCUT2D eigenvalue weighted by Crippen LogP contribution is 2.27. The lowest BCUT2D eigenvalue weighted by molar-refractivity contribution is -0.124. The normalized spacial score (nSPS) is 11.1. The molecular weight excluding hydrogens is 230 g/mol. The van der Waals surface area contributed by atoms with Crippen LogP contribution in [0.1, 0.15) is 27.2 Å². The summed E-state index contributed by atoms with van der Waals surface area (Å²) in [6.07, 6.45) is 0.778. The van der Waals surface area contributed by atoms with Crippen molar-refractivity contribution in [3.63, 3.8) is 0 Å². The molecule has 4 heteroatoms. The molecule has 1 aromatic carbocycles. The van der Waals surface area contributed by atoms with E-state index in [9.17, 15) is 4.79 Å². The SMILES string of the molecule is CCC(C)(C)C(=O)Nc1ccccc1OCOC. The summed E-state index contributed by atoms with van der Waals surface area (Å²) in [7, 11) is 1.56. The Labute approximate surface area is 108 Å². The smallest absolute Gasteiger partial charge is 0.230 e. The molecule has 0 saturated heterocycles. The van der Waals surface area contributed by atoms with Gasteiger partial charge >= 0.3 is 0 Å². The summed E-state index contributed by atoms with van der Waals surface area (Å²) >= 11 is 0. The molecule has 0 radical (unpaired) electrons. The van der Waals surface area contributed by atoms with Crippen LogP contribution in [0.15, 0.2) is 24.3 Å². The number of carbonyl (C=O) groups excluding carboxylic acids is 1. The first kappa shape index (κ1) is 14.5. The van der Waals surface area contributed by atoms with Gasteiger partial charge in [-0.15, -0.1) is 0 Å². The van der Waals surface area contributed by atoms with E-state index in [-0.39, 0.29) is 12.7 Å². The van der Waals surface area contributed by atoms with Gasteiger partial charge in [0.25, 0.3) is 0 Å². The summed E-state index contributed by atoms with van der Waals surface area (Å²) in [5.74, 6) is 0.595. The summed E-state index contributed by atoms with van der Waals surface area (Å²) in [5, 5.41) is 2.89. The monoisotopic (exact) mass is 251 g/mol. The Morgan fingerprint density at radius 2 is 2.00 bits per heavy atom. The van der Waals surface area contributed by atoms with Gasteiger partial charge in [-0.05, 0) is 18.6 Å². The summed E-state index contributed by atoms with van der Waals surface area (Å²) in [6.45, 7) is 5.98. The molecule has 0 aliphatic carbocycles. The van der Waals surface area contributed by atoms with E-state index >= 15 is 0 Å². The highest BCUT2D eigenvalue weighted by atomic mass is 16.7. The van der Waals surface area contributed by atoms with Crippen molar-refractivity contribution in [2.45, 2.75) is 27.2 Å². The summed E-state index contributed by atoms with van der Waals surface area (Å²) in [4.78, 5) is 12.1. The number of hydrogen-bond acceptors (Lipinski definition) is 3. The van der Waals surface area contributed by atoms with Gasteiger partial charge in [-0.1, -0.05) is 32.9 Å². The first-order valence-corrected chi connectivity index (χ1v) is 6.03. The molecule has 0 aliphatic heterocycles. The number of ether oxygens (including phenoxy) is 2. The van der Waals surface area contributed by atoms with Gasteiger partial charge in [0.2, 0.25) is 5.91 Å². The average Bonchev–Trinajstić information content (AvgIpc) is 2.37. The molecular formula is C14H21NO3.